The Labute approximate surface area is 151 Å². The zero-order valence-electron chi connectivity index (χ0n) is 14.8. The molecule has 3 rings (SSSR count). The fourth-order valence-electron chi connectivity index (χ4n) is 2.99. The van der Waals surface area contributed by atoms with E-state index in [2.05, 4.69) is 10.1 Å². The third-order valence-electron chi connectivity index (χ3n) is 4.41. The van der Waals surface area contributed by atoms with Crippen LogP contribution in [0.1, 0.15) is 39.2 Å². The number of aryl methyl sites for hydroxylation is 2. The highest BCUT2D eigenvalue weighted by Gasteiger charge is 2.34. The molecule has 0 spiro atoms. The zero-order chi connectivity index (χ0) is 19.1. The number of H-pyrrole nitrogens is 1. The number of piperazine rings is 1. The Hall–Kier alpha value is -2.46. The van der Waals surface area contributed by atoms with Gasteiger partial charge < -0.3 is 14.4 Å². The smallest absolute Gasteiger partial charge is 0.270 e. The van der Waals surface area contributed by atoms with Gasteiger partial charge in [-0.25, -0.2) is 8.42 Å². The molecule has 2 aromatic heterocycles. The van der Waals surface area contributed by atoms with Crippen molar-refractivity contribution < 1.29 is 22.5 Å². The topological polar surface area (TPSA) is 117 Å². The molecule has 1 aliphatic heterocycles. The molecule has 0 radical (unpaired) electrons. The Bertz CT molecular complexity index is 932. The summed E-state index contributed by atoms with van der Waals surface area (Å²) in [5.41, 5.74) is 1.08. The number of rotatable bonds is 4. The SMILES string of the molecule is CC(=O)c1c[nH]c(C(=O)N2CCN(S(=O)(=O)c3c(C)noc3C)CC2)c1. The summed E-state index contributed by atoms with van der Waals surface area (Å²) < 4.78 is 31.9. The molecule has 1 fully saturated rings. The maximum atomic E-state index is 12.8. The third kappa shape index (κ3) is 3.17. The van der Waals surface area contributed by atoms with Gasteiger partial charge in [0.15, 0.2) is 11.5 Å². The van der Waals surface area contributed by atoms with Gasteiger partial charge in [-0.05, 0) is 26.8 Å². The zero-order valence-corrected chi connectivity index (χ0v) is 15.6. The number of nitrogens with one attached hydrogen (secondary N) is 1. The molecule has 0 bridgehead atoms. The number of hydrogen-bond acceptors (Lipinski definition) is 6. The molecule has 3 heterocycles. The number of amides is 1. The molecule has 10 heteroatoms. The van der Waals surface area contributed by atoms with Gasteiger partial charge in [0.25, 0.3) is 5.91 Å². The summed E-state index contributed by atoms with van der Waals surface area (Å²) in [4.78, 5) is 28.3. The molecule has 1 aliphatic rings. The molecule has 26 heavy (non-hydrogen) atoms. The predicted molar refractivity (Wildman–Crippen MR) is 91.4 cm³/mol. The van der Waals surface area contributed by atoms with Crippen molar-refractivity contribution in [1.29, 1.82) is 0 Å². The lowest BCUT2D eigenvalue weighted by Crippen LogP contribution is -2.50. The largest absolute Gasteiger partial charge is 0.360 e. The molecule has 9 nitrogen and oxygen atoms in total. The first-order chi connectivity index (χ1) is 12.2. The molecule has 0 saturated carbocycles. The number of nitrogens with zero attached hydrogens (tertiary/aromatic N) is 3. The van der Waals surface area contributed by atoms with E-state index in [1.54, 1.807) is 18.7 Å². The lowest BCUT2D eigenvalue weighted by atomic mass is 10.2. The van der Waals surface area contributed by atoms with Gasteiger partial charge in [-0.15, -0.1) is 0 Å². The minimum atomic E-state index is -3.71. The Kier molecular flexibility index (Phi) is 4.72. The number of Topliss-reactive ketones (excluding diaryl/α,β-unsaturated/α-hetero) is 1. The third-order valence-corrected chi connectivity index (χ3v) is 6.56. The molecule has 1 saturated heterocycles. The van der Waals surface area contributed by atoms with Crippen molar-refractivity contribution in [3.05, 3.63) is 35.0 Å². The van der Waals surface area contributed by atoms with Crippen LogP contribution in [0.2, 0.25) is 0 Å². The molecule has 1 N–H and O–H groups in total. The average Bonchev–Trinajstić information content (AvgIpc) is 3.21. The second-order valence-corrected chi connectivity index (χ2v) is 8.08. The fourth-order valence-corrected chi connectivity index (χ4v) is 4.71. The van der Waals surface area contributed by atoms with Crippen molar-refractivity contribution in [1.82, 2.24) is 19.3 Å². The van der Waals surface area contributed by atoms with E-state index in [4.69, 9.17) is 4.52 Å². The van der Waals surface area contributed by atoms with Gasteiger partial charge in [0.2, 0.25) is 10.0 Å². The van der Waals surface area contributed by atoms with E-state index in [0.717, 1.165) is 0 Å². The Morgan fingerprint density at radius 3 is 2.35 bits per heavy atom. The van der Waals surface area contributed by atoms with Crippen LogP contribution in [-0.2, 0) is 10.0 Å². The molecule has 140 valence electrons. The lowest BCUT2D eigenvalue weighted by molar-refractivity contribution is 0.0692. The van der Waals surface area contributed by atoms with Crippen molar-refractivity contribution in [3.63, 3.8) is 0 Å². The predicted octanol–water partition coefficient (Wildman–Crippen LogP) is 0.969. The van der Waals surface area contributed by atoms with Crippen LogP contribution in [-0.4, -0.2) is 65.6 Å². The van der Waals surface area contributed by atoms with E-state index >= 15 is 0 Å². The highest BCUT2D eigenvalue weighted by atomic mass is 32.2. The Morgan fingerprint density at radius 1 is 1.19 bits per heavy atom. The standard InChI is InChI=1S/C16H20N4O5S/c1-10-15(12(3)25-18-10)26(23,24)20-6-4-19(5-7-20)16(22)14-8-13(9-17-14)11(2)21/h8-9,17H,4-7H2,1-3H3. The second kappa shape index (κ2) is 6.69. The monoisotopic (exact) mass is 380 g/mol. The van der Waals surface area contributed by atoms with Crippen LogP contribution >= 0.6 is 0 Å². The van der Waals surface area contributed by atoms with Crippen LogP contribution in [0.4, 0.5) is 0 Å². The minimum Gasteiger partial charge on any atom is -0.360 e. The van der Waals surface area contributed by atoms with Crippen molar-refractivity contribution in [2.75, 3.05) is 26.2 Å². The normalized spacial score (nSPS) is 16.0. The summed E-state index contributed by atoms with van der Waals surface area (Å²) in [6.07, 6.45) is 1.49. The van der Waals surface area contributed by atoms with E-state index in [9.17, 15) is 18.0 Å². The molecular weight excluding hydrogens is 360 g/mol. The number of ketones is 1. The van der Waals surface area contributed by atoms with Crippen LogP contribution in [0.25, 0.3) is 0 Å². The number of carbonyl (C=O) groups excluding carboxylic acids is 2. The van der Waals surface area contributed by atoms with Gasteiger partial charge >= 0.3 is 0 Å². The molecule has 2 aromatic rings. The molecule has 1 amide bonds. The summed E-state index contributed by atoms with van der Waals surface area (Å²) in [6.45, 7) is 5.45. The van der Waals surface area contributed by atoms with Crippen molar-refractivity contribution in [2.45, 2.75) is 25.7 Å². The Morgan fingerprint density at radius 2 is 1.85 bits per heavy atom. The van der Waals surface area contributed by atoms with Gasteiger partial charge in [-0.1, -0.05) is 5.16 Å². The number of hydrogen-bond donors (Lipinski definition) is 1. The Balaban J connectivity index is 1.71. The number of sulfonamides is 1. The summed E-state index contributed by atoms with van der Waals surface area (Å²) in [5.74, 6) is -0.133. The summed E-state index contributed by atoms with van der Waals surface area (Å²) >= 11 is 0. The van der Waals surface area contributed by atoms with Crippen molar-refractivity contribution in [3.8, 4) is 0 Å². The maximum absolute atomic E-state index is 12.8. The van der Waals surface area contributed by atoms with Gasteiger partial charge in [-0.2, -0.15) is 4.31 Å². The maximum Gasteiger partial charge on any atom is 0.270 e. The molecule has 0 atom stereocenters. The first-order valence-corrected chi connectivity index (χ1v) is 9.57. The summed E-state index contributed by atoms with van der Waals surface area (Å²) in [6, 6.07) is 1.51. The second-order valence-electron chi connectivity index (χ2n) is 6.21. The first-order valence-electron chi connectivity index (χ1n) is 8.13. The quantitative estimate of drug-likeness (QED) is 0.790. The summed E-state index contributed by atoms with van der Waals surface area (Å²) in [5, 5.41) is 3.70. The first kappa shape index (κ1) is 18.3. The van der Waals surface area contributed by atoms with E-state index in [1.807, 2.05) is 0 Å². The lowest BCUT2D eigenvalue weighted by Gasteiger charge is -2.33. The summed E-state index contributed by atoms with van der Waals surface area (Å²) in [7, 11) is -3.71. The van der Waals surface area contributed by atoms with Gasteiger partial charge in [-0.3, -0.25) is 9.59 Å². The van der Waals surface area contributed by atoms with Crippen LogP contribution in [0.15, 0.2) is 21.7 Å². The molecule has 0 unspecified atom stereocenters. The number of aromatic nitrogens is 2. The van der Waals surface area contributed by atoms with Crippen LogP contribution in [0, 0.1) is 13.8 Å². The average molecular weight is 380 g/mol. The molecular formula is C16H20N4O5S. The highest BCUT2D eigenvalue weighted by Crippen LogP contribution is 2.24. The van der Waals surface area contributed by atoms with Crippen LogP contribution < -0.4 is 0 Å². The van der Waals surface area contributed by atoms with Crippen LogP contribution in [0.5, 0.6) is 0 Å². The number of aromatic amines is 1. The van der Waals surface area contributed by atoms with Gasteiger partial charge in [0.05, 0.1) is 0 Å². The van der Waals surface area contributed by atoms with E-state index in [1.165, 1.54) is 23.5 Å². The van der Waals surface area contributed by atoms with Crippen molar-refractivity contribution >= 4 is 21.7 Å². The molecule has 0 aromatic carbocycles. The van der Waals surface area contributed by atoms with E-state index in [-0.39, 0.29) is 48.5 Å². The highest BCUT2D eigenvalue weighted by molar-refractivity contribution is 7.89. The minimum absolute atomic E-state index is 0.0905. The molecule has 0 aliphatic carbocycles. The van der Waals surface area contributed by atoms with Crippen molar-refractivity contribution in [2.24, 2.45) is 0 Å². The van der Waals surface area contributed by atoms with Gasteiger partial charge in [0.1, 0.15) is 16.3 Å². The van der Waals surface area contributed by atoms with Gasteiger partial charge in [0, 0.05) is 37.9 Å². The van der Waals surface area contributed by atoms with E-state index in [0.29, 0.717) is 17.0 Å². The number of carbonyl (C=O) groups is 2. The fraction of sp³-hybridized carbons (Fsp3) is 0.438. The van der Waals surface area contributed by atoms with Crippen LogP contribution in [0.3, 0.4) is 0 Å². The van der Waals surface area contributed by atoms with E-state index < -0.39 is 10.0 Å².